The smallest absolute Gasteiger partial charge is 0.328 e. The van der Waals surface area contributed by atoms with E-state index in [9.17, 15) is 4.79 Å². The summed E-state index contributed by atoms with van der Waals surface area (Å²) in [6, 6.07) is 0. The van der Waals surface area contributed by atoms with Crippen molar-refractivity contribution in [3.63, 3.8) is 0 Å². The molecule has 1 rings (SSSR count). The molecule has 0 aromatic heterocycles. The Morgan fingerprint density at radius 3 is 2.77 bits per heavy atom. The maximum absolute atomic E-state index is 10.4. The lowest BCUT2D eigenvalue weighted by molar-refractivity contribution is -0.131. The molecule has 0 aromatic carbocycles. The molecule has 0 saturated carbocycles. The van der Waals surface area contributed by atoms with Gasteiger partial charge in [0.25, 0.3) is 0 Å². The van der Waals surface area contributed by atoms with Gasteiger partial charge in [-0.25, -0.2) is 4.79 Å². The molecule has 1 N–H and O–H groups in total. The van der Waals surface area contributed by atoms with Crippen LogP contribution < -0.4 is 0 Å². The Morgan fingerprint density at radius 1 is 1.69 bits per heavy atom. The first-order chi connectivity index (χ1) is 5.59. The zero-order valence-corrected chi connectivity index (χ0v) is 8.80. The van der Waals surface area contributed by atoms with Crippen LogP contribution in [-0.4, -0.2) is 36.1 Å². The zero-order chi connectivity index (χ0) is 9.14. The number of rotatable bonds is 1. The third kappa shape index (κ3) is 3.79. The van der Waals surface area contributed by atoms with Gasteiger partial charge in [0, 0.05) is 19.2 Å². The Labute approximate surface area is 84.8 Å². The van der Waals surface area contributed by atoms with Crippen molar-refractivity contribution >= 4 is 18.4 Å². The van der Waals surface area contributed by atoms with Crippen molar-refractivity contribution in [2.75, 3.05) is 20.1 Å². The van der Waals surface area contributed by atoms with Crippen LogP contribution >= 0.6 is 12.4 Å². The molecule has 1 aliphatic heterocycles. The lowest BCUT2D eigenvalue weighted by Crippen LogP contribution is -2.32. The quantitative estimate of drug-likeness (QED) is 0.658. The number of piperidine rings is 1. The minimum atomic E-state index is -0.818. The van der Waals surface area contributed by atoms with E-state index in [1.54, 1.807) is 0 Å². The van der Waals surface area contributed by atoms with E-state index in [1.165, 1.54) is 6.08 Å². The second kappa shape index (κ2) is 5.25. The van der Waals surface area contributed by atoms with Gasteiger partial charge in [0.2, 0.25) is 0 Å². The average molecular weight is 206 g/mol. The molecule has 1 saturated heterocycles. The maximum Gasteiger partial charge on any atom is 0.328 e. The number of aliphatic carboxylic acids is 1. The van der Waals surface area contributed by atoms with Crippen molar-refractivity contribution in [1.82, 2.24) is 4.90 Å². The number of carbonyl (C=O) groups is 1. The Kier molecular flexibility index (Phi) is 5.03. The molecule has 1 heterocycles. The molecule has 1 aliphatic rings. The average Bonchev–Trinajstić information content (AvgIpc) is 1.94. The van der Waals surface area contributed by atoms with E-state index >= 15 is 0 Å². The van der Waals surface area contributed by atoms with Gasteiger partial charge in [-0.15, -0.1) is 12.4 Å². The van der Waals surface area contributed by atoms with E-state index in [2.05, 4.69) is 18.9 Å². The van der Waals surface area contributed by atoms with Crippen LogP contribution in [0.25, 0.3) is 0 Å². The molecule has 0 amide bonds. The third-order valence-corrected chi connectivity index (χ3v) is 2.31. The summed E-state index contributed by atoms with van der Waals surface area (Å²) in [5.41, 5.74) is 1.07. The molecular weight excluding hydrogens is 190 g/mol. The summed E-state index contributed by atoms with van der Waals surface area (Å²) in [6.45, 7) is 4.02. The van der Waals surface area contributed by atoms with Crippen LogP contribution in [0.2, 0.25) is 0 Å². The number of hydrogen-bond donors (Lipinski definition) is 1. The predicted octanol–water partition coefficient (Wildman–Crippen LogP) is 1.39. The first-order valence-corrected chi connectivity index (χ1v) is 4.21. The van der Waals surface area contributed by atoms with Gasteiger partial charge in [-0.05, 0) is 19.4 Å². The van der Waals surface area contributed by atoms with Crippen molar-refractivity contribution in [3.8, 4) is 0 Å². The Morgan fingerprint density at radius 2 is 2.31 bits per heavy atom. The van der Waals surface area contributed by atoms with Crippen LogP contribution in [0.5, 0.6) is 0 Å². The number of nitrogens with zero attached hydrogens (tertiary/aromatic N) is 1. The van der Waals surface area contributed by atoms with Gasteiger partial charge in [-0.2, -0.15) is 0 Å². The van der Waals surface area contributed by atoms with E-state index in [0.29, 0.717) is 5.92 Å². The molecule has 0 aromatic rings. The fourth-order valence-electron chi connectivity index (χ4n) is 1.62. The summed E-state index contributed by atoms with van der Waals surface area (Å²) in [5.74, 6) is -0.429. The summed E-state index contributed by atoms with van der Waals surface area (Å²) in [4.78, 5) is 12.6. The van der Waals surface area contributed by atoms with Gasteiger partial charge in [0.1, 0.15) is 0 Å². The number of likely N-dealkylation sites (tertiary alicyclic amines) is 1. The topological polar surface area (TPSA) is 40.5 Å². The van der Waals surface area contributed by atoms with Crippen LogP contribution in [0, 0.1) is 5.92 Å². The first kappa shape index (κ1) is 12.5. The SMILES string of the molecule is CC1CN(C)CCC1=CC(=O)O.Cl. The molecule has 0 aliphatic carbocycles. The molecule has 3 nitrogen and oxygen atoms in total. The Bertz CT molecular complexity index is 216. The minimum Gasteiger partial charge on any atom is -0.478 e. The molecule has 13 heavy (non-hydrogen) atoms. The third-order valence-electron chi connectivity index (χ3n) is 2.31. The van der Waals surface area contributed by atoms with Crippen molar-refractivity contribution in [3.05, 3.63) is 11.6 Å². The van der Waals surface area contributed by atoms with E-state index in [-0.39, 0.29) is 12.4 Å². The standard InChI is InChI=1S/C9H15NO2.ClH/c1-7-6-10(2)4-3-8(7)5-9(11)12;/h5,7H,3-4,6H2,1-2H3,(H,11,12);1H. The highest BCUT2D eigenvalue weighted by molar-refractivity contribution is 5.85. The summed E-state index contributed by atoms with van der Waals surface area (Å²) >= 11 is 0. The molecule has 4 heteroatoms. The van der Waals surface area contributed by atoms with Crippen LogP contribution in [0.15, 0.2) is 11.6 Å². The molecule has 1 fully saturated rings. The van der Waals surface area contributed by atoms with Gasteiger partial charge >= 0.3 is 5.97 Å². The van der Waals surface area contributed by atoms with E-state index < -0.39 is 5.97 Å². The lowest BCUT2D eigenvalue weighted by Gasteiger charge is -2.29. The molecule has 76 valence electrons. The fraction of sp³-hybridized carbons (Fsp3) is 0.667. The molecule has 1 unspecified atom stereocenters. The Balaban J connectivity index is 0.00000144. The van der Waals surface area contributed by atoms with Crippen LogP contribution in [0.4, 0.5) is 0 Å². The second-order valence-corrected chi connectivity index (χ2v) is 3.47. The number of carboxylic acids is 1. The highest BCUT2D eigenvalue weighted by Gasteiger charge is 2.18. The summed E-state index contributed by atoms with van der Waals surface area (Å²) in [7, 11) is 2.06. The van der Waals surface area contributed by atoms with E-state index in [4.69, 9.17) is 5.11 Å². The largest absolute Gasteiger partial charge is 0.478 e. The molecule has 1 atom stereocenters. The van der Waals surface area contributed by atoms with Crippen LogP contribution in [-0.2, 0) is 4.79 Å². The minimum absolute atomic E-state index is 0. The number of hydrogen-bond acceptors (Lipinski definition) is 2. The van der Waals surface area contributed by atoms with Gasteiger partial charge < -0.3 is 10.0 Å². The maximum atomic E-state index is 10.4. The van der Waals surface area contributed by atoms with Crippen LogP contribution in [0.3, 0.4) is 0 Å². The summed E-state index contributed by atoms with van der Waals surface area (Å²) in [5, 5.41) is 8.56. The highest BCUT2D eigenvalue weighted by Crippen LogP contribution is 2.20. The van der Waals surface area contributed by atoms with Crippen molar-refractivity contribution in [2.24, 2.45) is 5.92 Å². The van der Waals surface area contributed by atoms with Crippen molar-refractivity contribution in [2.45, 2.75) is 13.3 Å². The van der Waals surface area contributed by atoms with Crippen molar-refractivity contribution < 1.29 is 9.90 Å². The highest BCUT2D eigenvalue weighted by atomic mass is 35.5. The predicted molar refractivity (Wildman–Crippen MR) is 54.2 cm³/mol. The lowest BCUT2D eigenvalue weighted by atomic mass is 9.93. The summed E-state index contributed by atoms with van der Waals surface area (Å²) < 4.78 is 0. The monoisotopic (exact) mass is 205 g/mol. The first-order valence-electron chi connectivity index (χ1n) is 4.21. The van der Waals surface area contributed by atoms with Gasteiger partial charge in [-0.1, -0.05) is 12.5 Å². The van der Waals surface area contributed by atoms with Gasteiger partial charge in [0.05, 0.1) is 0 Å². The molecule has 0 spiro atoms. The van der Waals surface area contributed by atoms with Gasteiger partial charge in [-0.3, -0.25) is 0 Å². The zero-order valence-electron chi connectivity index (χ0n) is 7.99. The number of halogens is 1. The normalized spacial score (nSPS) is 26.9. The fourth-order valence-corrected chi connectivity index (χ4v) is 1.62. The van der Waals surface area contributed by atoms with Gasteiger partial charge in [0.15, 0.2) is 0 Å². The Hall–Kier alpha value is -0.540. The van der Waals surface area contributed by atoms with Crippen LogP contribution in [0.1, 0.15) is 13.3 Å². The number of carboxylic acid groups (broad SMARTS) is 1. The van der Waals surface area contributed by atoms with E-state index in [0.717, 1.165) is 25.1 Å². The van der Waals surface area contributed by atoms with Crippen molar-refractivity contribution in [1.29, 1.82) is 0 Å². The molecule has 0 radical (unpaired) electrons. The second-order valence-electron chi connectivity index (χ2n) is 3.47. The molecular formula is C9H16ClNO2. The summed E-state index contributed by atoms with van der Waals surface area (Å²) in [6.07, 6.45) is 2.25. The van der Waals surface area contributed by atoms with E-state index in [1.807, 2.05) is 0 Å². The molecule has 0 bridgehead atoms.